The average Bonchev–Trinajstić information content (AvgIpc) is 2.85. The van der Waals surface area contributed by atoms with Crippen LogP contribution in [-0.4, -0.2) is 27.7 Å². The minimum Gasteiger partial charge on any atom is -0.393 e. The number of rotatable bonds is 2. The third kappa shape index (κ3) is 2.49. The molecule has 26 heavy (non-hydrogen) atoms. The maximum Gasteiger partial charge on any atom is 0.152 e. The van der Waals surface area contributed by atoms with Crippen LogP contribution in [0.5, 0.6) is 0 Å². The van der Waals surface area contributed by atoms with Crippen molar-refractivity contribution < 1.29 is 15.0 Å². The smallest absolute Gasteiger partial charge is 0.152 e. The lowest BCUT2D eigenvalue weighted by Crippen LogP contribution is -2.62. The van der Waals surface area contributed by atoms with Crippen molar-refractivity contribution in [2.75, 3.05) is 0 Å². The molecule has 3 nitrogen and oxygen atoms in total. The molecule has 2 N–H and O–H groups in total. The molecule has 0 radical (unpaired) electrons. The minimum atomic E-state index is -0.592. The van der Waals surface area contributed by atoms with Crippen LogP contribution in [0.3, 0.4) is 0 Å². The number of carbonyl (C=O) groups is 1. The van der Waals surface area contributed by atoms with Crippen LogP contribution in [0, 0.1) is 34.5 Å². The largest absolute Gasteiger partial charge is 0.393 e. The molecule has 1 unspecified atom stereocenters. The molecule has 4 fully saturated rings. The lowest BCUT2D eigenvalue weighted by atomic mass is 9.43. The highest BCUT2D eigenvalue weighted by Gasteiger charge is 2.66. The summed E-state index contributed by atoms with van der Waals surface area (Å²) in [6, 6.07) is 0. The molecule has 3 heteroatoms. The SMILES string of the molecule is CC(=O)/C=C/[C@H]1CC[C@]2(O)[C@@H]3CCC4C[C@@H](O)CC[C@]4(C)[C@H]3CC[C@]12C. The Labute approximate surface area is 158 Å². The molecular formula is C23H36O3. The topological polar surface area (TPSA) is 57.5 Å². The number of carbonyl (C=O) groups excluding carboxylic acids is 1. The molecule has 0 aliphatic heterocycles. The Bertz CT molecular complexity index is 613. The van der Waals surface area contributed by atoms with Gasteiger partial charge in [-0.2, -0.15) is 0 Å². The number of fused-ring (bicyclic) bond motifs is 5. The van der Waals surface area contributed by atoms with Gasteiger partial charge in [-0.1, -0.05) is 19.9 Å². The Morgan fingerprint density at radius 3 is 2.50 bits per heavy atom. The summed E-state index contributed by atoms with van der Waals surface area (Å²) in [5, 5.41) is 22.1. The van der Waals surface area contributed by atoms with E-state index in [1.807, 2.05) is 0 Å². The van der Waals surface area contributed by atoms with E-state index >= 15 is 0 Å². The van der Waals surface area contributed by atoms with Crippen molar-refractivity contribution in [3.63, 3.8) is 0 Å². The van der Waals surface area contributed by atoms with Gasteiger partial charge in [0.05, 0.1) is 11.7 Å². The van der Waals surface area contributed by atoms with E-state index in [-0.39, 0.29) is 22.7 Å². The third-order valence-corrected chi connectivity index (χ3v) is 9.46. The van der Waals surface area contributed by atoms with Gasteiger partial charge in [-0.25, -0.2) is 0 Å². The molecule has 8 atom stereocenters. The second-order valence-electron chi connectivity index (χ2n) is 10.4. The monoisotopic (exact) mass is 360 g/mol. The quantitative estimate of drug-likeness (QED) is 0.723. The van der Waals surface area contributed by atoms with Crippen LogP contribution < -0.4 is 0 Å². The van der Waals surface area contributed by atoms with Gasteiger partial charge in [-0.05, 0) is 99.9 Å². The molecule has 0 spiro atoms. The molecule has 0 heterocycles. The normalized spacial score (nSPS) is 53.8. The van der Waals surface area contributed by atoms with E-state index in [4.69, 9.17) is 0 Å². The van der Waals surface area contributed by atoms with Crippen LogP contribution in [0.2, 0.25) is 0 Å². The van der Waals surface area contributed by atoms with Crippen LogP contribution in [-0.2, 0) is 4.79 Å². The van der Waals surface area contributed by atoms with Gasteiger partial charge in [0, 0.05) is 5.41 Å². The predicted molar refractivity (Wildman–Crippen MR) is 103 cm³/mol. The first-order valence-electron chi connectivity index (χ1n) is 10.8. The standard InChI is InChI=1S/C23H36O3/c1-15(24)4-5-16-8-13-23(26)20-7-6-17-14-18(25)9-11-21(17,2)19(20)10-12-22(16,23)3/h4-5,16-20,25-26H,6-14H2,1-3H3/b5-4+/t16-,17?,18-,19-,20+,21-,22+,23-/m0/s1. The highest BCUT2D eigenvalue weighted by molar-refractivity contribution is 5.87. The molecular weight excluding hydrogens is 324 g/mol. The second kappa shape index (κ2) is 6.17. The molecule has 4 aliphatic rings. The van der Waals surface area contributed by atoms with Crippen molar-refractivity contribution >= 4 is 5.78 Å². The summed E-state index contributed by atoms with van der Waals surface area (Å²) in [5.74, 6) is 2.01. The first-order valence-corrected chi connectivity index (χ1v) is 10.8. The van der Waals surface area contributed by atoms with Gasteiger partial charge in [0.15, 0.2) is 5.78 Å². The molecule has 0 aromatic carbocycles. The molecule has 4 rings (SSSR count). The van der Waals surface area contributed by atoms with Crippen molar-refractivity contribution in [2.45, 2.75) is 90.3 Å². The van der Waals surface area contributed by atoms with Gasteiger partial charge >= 0.3 is 0 Å². The fraction of sp³-hybridized carbons (Fsp3) is 0.870. The number of allylic oxidation sites excluding steroid dienone is 2. The number of aliphatic hydroxyl groups is 2. The van der Waals surface area contributed by atoms with Gasteiger partial charge in [0.1, 0.15) is 0 Å². The van der Waals surface area contributed by atoms with E-state index in [1.54, 1.807) is 13.0 Å². The lowest BCUT2D eigenvalue weighted by Gasteiger charge is -2.63. The lowest BCUT2D eigenvalue weighted by molar-refractivity contribution is -0.207. The molecule has 4 saturated carbocycles. The zero-order chi connectivity index (χ0) is 18.7. The zero-order valence-electron chi connectivity index (χ0n) is 16.7. The summed E-state index contributed by atoms with van der Waals surface area (Å²) in [4.78, 5) is 11.4. The van der Waals surface area contributed by atoms with Crippen LogP contribution in [0.15, 0.2) is 12.2 Å². The van der Waals surface area contributed by atoms with Gasteiger partial charge in [-0.3, -0.25) is 4.79 Å². The van der Waals surface area contributed by atoms with Crippen molar-refractivity contribution in [3.8, 4) is 0 Å². The first kappa shape index (κ1) is 18.7. The molecule has 0 aromatic heterocycles. The van der Waals surface area contributed by atoms with Crippen molar-refractivity contribution in [2.24, 2.45) is 34.5 Å². The Morgan fingerprint density at radius 1 is 1.00 bits per heavy atom. The van der Waals surface area contributed by atoms with Crippen LogP contribution in [0.4, 0.5) is 0 Å². The summed E-state index contributed by atoms with van der Waals surface area (Å²) in [5.41, 5.74) is -0.407. The van der Waals surface area contributed by atoms with Gasteiger partial charge < -0.3 is 10.2 Å². The van der Waals surface area contributed by atoms with Crippen LogP contribution in [0.25, 0.3) is 0 Å². The van der Waals surface area contributed by atoms with Crippen LogP contribution >= 0.6 is 0 Å². The molecule has 4 aliphatic carbocycles. The van der Waals surface area contributed by atoms with Gasteiger partial charge in [0.2, 0.25) is 0 Å². The molecule has 0 aromatic rings. The molecule has 0 amide bonds. The number of aliphatic hydroxyl groups excluding tert-OH is 1. The maximum absolute atomic E-state index is 12.0. The van der Waals surface area contributed by atoms with Crippen LogP contribution in [0.1, 0.15) is 78.6 Å². The molecule has 0 saturated heterocycles. The Hall–Kier alpha value is -0.670. The number of hydrogen-bond donors (Lipinski definition) is 2. The summed E-state index contributed by atoms with van der Waals surface area (Å²) in [7, 11) is 0. The maximum atomic E-state index is 12.0. The fourth-order valence-electron chi connectivity index (χ4n) is 7.80. The second-order valence-corrected chi connectivity index (χ2v) is 10.4. The predicted octanol–water partition coefficient (Wildman–Crippen LogP) is 4.27. The first-order chi connectivity index (χ1) is 12.2. The van der Waals surface area contributed by atoms with Crippen molar-refractivity contribution in [1.29, 1.82) is 0 Å². The van der Waals surface area contributed by atoms with Gasteiger partial charge in [0.25, 0.3) is 0 Å². The average molecular weight is 361 g/mol. The summed E-state index contributed by atoms with van der Waals surface area (Å²) >= 11 is 0. The zero-order valence-corrected chi connectivity index (χ0v) is 16.7. The number of ketones is 1. The summed E-state index contributed by atoms with van der Waals surface area (Å²) in [6.07, 6.45) is 13.1. The Balaban J connectivity index is 1.63. The van der Waals surface area contributed by atoms with E-state index < -0.39 is 5.60 Å². The number of hydrogen-bond acceptors (Lipinski definition) is 3. The van der Waals surface area contributed by atoms with E-state index in [0.717, 1.165) is 51.4 Å². The van der Waals surface area contributed by atoms with E-state index in [0.29, 0.717) is 23.7 Å². The third-order valence-electron chi connectivity index (χ3n) is 9.46. The van der Waals surface area contributed by atoms with Crippen molar-refractivity contribution in [3.05, 3.63) is 12.2 Å². The fourth-order valence-corrected chi connectivity index (χ4v) is 7.80. The van der Waals surface area contributed by atoms with E-state index in [2.05, 4.69) is 19.9 Å². The summed E-state index contributed by atoms with van der Waals surface area (Å²) < 4.78 is 0. The van der Waals surface area contributed by atoms with E-state index in [1.165, 1.54) is 6.42 Å². The highest BCUT2D eigenvalue weighted by atomic mass is 16.3. The van der Waals surface area contributed by atoms with E-state index in [9.17, 15) is 15.0 Å². The van der Waals surface area contributed by atoms with Crippen molar-refractivity contribution in [1.82, 2.24) is 0 Å². The molecule has 146 valence electrons. The van der Waals surface area contributed by atoms with Gasteiger partial charge in [-0.15, -0.1) is 0 Å². The molecule has 0 bridgehead atoms. The summed E-state index contributed by atoms with van der Waals surface area (Å²) in [6.45, 7) is 6.34. The minimum absolute atomic E-state index is 0.0997. The Kier molecular flexibility index (Phi) is 4.43. The Morgan fingerprint density at radius 2 is 1.77 bits per heavy atom. The highest BCUT2D eigenvalue weighted by Crippen LogP contribution is 2.69.